The van der Waals surface area contributed by atoms with E-state index in [1.54, 1.807) is 37.6 Å². The highest BCUT2D eigenvalue weighted by Gasteiger charge is 2.23. The van der Waals surface area contributed by atoms with Gasteiger partial charge in [-0.3, -0.25) is 19.5 Å². The van der Waals surface area contributed by atoms with Crippen LogP contribution < -0.4 is 5.56 Å². The molecule has 1 aromatic carbocycles. The van der Waals surface area contributed by atoms with Gasteiger partial charge in [0, 0.05) is 49.0 Å². The second-order valence-electron chi connectivity index (χ2n) is 6.75. The van der Waals surface area contributed by atoms with Gasteiger partial charge in [-0.15, -0.1) is 0 Å². The van der Waals surface area contributed by atoms with Gasteiger partial charge in [0.25, 0.3) is 5.56 Å². The van der Waals surface area contributed by atoms with Gasteiger partial charge in [-0.2, -0.15) is 0 Å². The van der Waals surface area contributed by atoms with Crippen LogP contribution in [-0.4, -0.2) is 37.2 Å². The first kappa shape index (κ1) is 18.5. The van der Waals surface area contributed by atoms with Gasteiger partial charge in [0.05, 0.1) is 17.5 Å². The van der Waals surface area contributed by atoms with Crippen molar-refractivity contribution >= 4 is 17.4 Å². The van der Waals surface area contributed by atoms with Crippen LogP contribution in [0, 0.1) is 0 Å². The fourth-order valence-electron chi connectivity index (χ4n) is 3.44. The third-order valence-corrected chi connectivity index (χ3v) is 5.03. The van der Waals surface area contributed by atoms with E-state index in [1.807, 2.05) is 6.07 Å². The molecule has 0 amide bonds. The van der Waals surface area contributed by atoms with Crippen molar-refractivity contribution in [2.24, 2.45) is 0 Å². The molecule has 142 valence electrons. The maximum absolute atomic E-state index is 12.6. The van der Waals surface area contributed by atoms with Gasteiger partial charge < -0.3 is 4.98 Å². The summed E-state index contributed by atoms with van der Waals surface area (Å²) < 4.78 is 0. The number of hydrogen-bond acceptors (Lipinski definition) is 6. The fraction of sp³-hybridized carbons (Fsp3) is 0.250. The van der Waals surface area contributed by atoms with E-state index in [2.05, 4.69) is 24.8 Å². The summed E-state index contributed by atoms with van der Waals surface area (Å²) in [5.41, 5.74) is 3.30. The van der Waals surface area contributed by atoms with Gasteiger partial charge in [-0.05, 0) is 30.7 Å². The predicted octanol–water partition coefficient (Wildman–Crippen LogP) is 2.64. The highest BCUT2D eigenvalue weighted by Crippen LogP contribution is 2.22. The number of hydrogen-bond donors (Lipinski definition) is 1. The molecule has 0 radical (unpaired) electrons. The molecule has 1 aliphatic heterocycles. The summed E-state index contributed by atoms with van der Waals surface area (Å²) >= 11 is 6.12. The Morgan fingerprint density at radius 2 is 2.18 bits per heavy atom. The van der Waals surface area contributed by atoms with Crippen LogP contribution in [0.15, 0.2) is 41.6 Å². The molecule has 2 aromatic heterocycles. The van der Waals surface area contributed by atoms with Crippen molar-refractivity contribution in [3.8, 4) is 11.5 Å². The summed E-state index contributed by atoms with van der Waals surface area (Å²) in [6.07, 6.45) is 5.35. The van der Waals surface area contributed by atoms with Gasteiger partial charge in [-0.25, -0.2) is 9.97 Å². The van der Waals surface area contributed by atoms with Crippen LogP contribution in [-0.2, 0) is 19.5 Å². The minimum Gasteiger partial charge on any atom is -0.305 e. The van der Waals surface area contributed by atoms with E-state index in [4.69, 9.17) is 11.6 Å². The maximum atomic E-state index is 12.6. The molecule has 3 aromatic rings. The minimum atomic E-state index is -0.173. The summed E-state index contributed by atoms with van der Waals surface area (Å²) in [5, 5.41) is 0.588. The van der Waals surface area contributed by atoms with Crippen LogP contribution in [0.5, 0.6) is 0 Å². The molecule has 0 saturated carbocycles. The largest absolute Gasteiger partial charge is 0.305 e. The lowest BCUT2D eigenvalue weighted by Crippen LogP contribution is -2.35. The molecule has 7 nitrogen and oxygen atoms in total. The van der Waals surface area contributed by atoms with Gasteiger partial charge >= 0.3 is 0 Å². The average molecular weight is 396 g/mol. The van der Waals surface area contributed by atoms with Crippen molar-refractivity contribution in [1.29, 1.82) is 0 Å². The Morgan fingerprint density at radius 3 is 2.93 bits per heavy atom. The number of nitrogens with zero attached hydrogens (tertiary/aromatic N) is 4. The standard InChI is InChI=1S/C20H18ClN5O2/c1-12(27)15-3-2-14(21)8-13(15)10-26-7-4-17-16(11-26)20(28)25-19(24-17)18-9-22-5-6-23-18/h2-3,5-6,8-9H,4,7,10-11H2,1H3,(H,24,25,28). The second kappa shape index (κ2) is 7.61. The van der Waals surface area contributed by atoms with E-state index in [1.165, 1.54) is 0 Å². The van der Waals surface area contributed by atoms with E-state index in [0.717, 1.165) is 17.8 Å². The number of carbonyl (C=O) groups excluding carboxylic acids is 1. The van der Waals surface area contributed by atoms with Crippen LogP contribution >= 0.6 is 11.6 Å². The maximum Gasteiger partial charge on any atom is 0.255 e. The van der Waals surface area contributed by atoms with Crippen molar-refractivity contribution in [3.63, 3.8) is 0 Å². The van der Waals surface area contributed by atoms with Crippen molar-refractivity contribution in [3.05, 3.63) is 74.6 Å². The van der Waals surface area contributed by atoms with E-state index in [0.29, 0.717) is 47.2 Å². The Morgan fingerprint density at radius 1 is 1.32 bits per heavy atom. The minimum absolute atomic E-state index is 0.00259. The summed E-state index contributed by atoms with van der Waals surface area (Å²) in [7, 11) is 0. The van der Waals surface area contributed by atoms with Crippen LogP contribution in [0.1, 0.15) is 34.1 Å². The molecular formula is C20H18ClN5O2. The molecule has 0 bridgehead atoms. The summed E-state index contributed by atoms with van der Waals surface area (Å²) in [5.74, 6) is 0.427. The van der Waals surface area contributed by atoms with Crippen molar-refractivity contribution in [2.45, 2.75) is 26.4 Å². The molecule has 28 heavy (non-hydrogen) atoms. The SMILES string of the molecule is CC(=O)c1ccc(Cl)cc1CN1CCc2nc(-c3cnccn3)[nH]c(=O)c2C1. The monoisotopic (exact) mass is 395 g/mol. The fourth-order valence-corrected chi connectivity index (χ4v) is 3.63. The number of aromatic nitrogens is 4. The normalized spacial score (nSPS) is 13.9. The van der Waals surface area contributed by atoms with Gasteiger partial charge in [0.15, 0.2) is 11.6 Å². The lowest BCUT2D eigenvalue weighted by atomic mass is 10.0. The van der Waals surface area contributed by atoms with Crippen LogP contribution in [0.2, 0.25) is 5.02 Å². The predicted molar refractivity (Wildman–Crippen MR) is 105 cm³/mol. The zero-order valence-corrected chi connectivity index (χ0v) is 16.0. The Bertz CT molecular complexity index is 1100. The van der Waals surface area contributed by atoms with Crippen LogP contribution in [0.25, 0.3) is 11.5 Å². The first-order valence-electron chi connectivity index (χ1n) is 8.91. The van der Waals surface area contributed by atoms with Gasteiger partial charge in [-0.1, -0.05) is 11.6 Å². The topological polar surface area (TPSA) is 91.8 Å². The van der Waals surface area contributed by atoms with E-state index in [9.17, 15) is 9.59 Å². The van der Waals surface area contributed by atoms with Gasteiger partial charge in [0.2, 0.25) is 0 Å². The highest BCUT2D eigenvalue weighted by molar-refractivity contribution is 6.30. The van der Waals surface area contributed by atoms with Gasteiger partial charge in [0.1, 0.15) is 5.69 Å². The highest BCUT2D eigenvalue weighted by atomic mass is 35.5. The number of ketones is 1. The molecule has 0 atom stereocenters. The van der Waals surface area contributed by atoms with E-state index >= 15 is 0 Å². The molecule has 4 rings (SSSR count). The first-order valence-corrected chi connectivity index (χ1v) is 9.29. The zero-order chi connectivity index (χ0) is 19.7. The molecule has 0 unspecified atom stereocenters. The van der Waals surface area contributed by atoms with Crippen LogP contribution in [0.3, 0.4) is 0 Å². The number of aromatic amines is 1. The van der Waals surface area contributed by atoms with Crippen LogP contribution in [0.4, 0.5) is 0 Å². The second-order valence-corrected chi connectivity index (χ2v) is 7.19. The Labute approximate surface area is 166 Å². The Hall–Kier alpha value is -2.90. The molecule has 1 aliphatic rings. The number of carbonyl (C=O) groups is 1. The molecule has 3 heterocycles. The molecule has 8 heteroatoms. The number of benzene rings is 1. The van der Waals surface area contributed by atoms with Crippen molar-refractivity contribution in [2.75, 3.05) is 6.54 Å². The number of Topliss-reactive ketones (excluding diaryl/α,β-unsaturated/α-hetero) is 1. The van der Waals surface area contributed by atoms with E-state index < -0.39 is 0 Å². The molecule has 0 fully saturated rings. The lowest BCUT2D eigenvalue weighted by molar-refractivity contribution is 0.101. The molecule has 0 saturated heterocycles. The molecular weight excluding hydrogens is 378 g/mol. The van der Waals surface area contributed by atoms with Crippen molar-refractivity contribution in [1.82, 2.24) is 24.8 Å². The smallest absolute Gasteiger partial charge is 0.255 e. The first-order chi connectivity index (χ1) is 13.5. The average Bonchev–Trinajstić information content (AvgIpc) is 2.69. The number of nitrogens with one attached hydrogen (secondary N) is 1. The number of fused-ring (bicyclic) bond motifs is 1. The number of H-pyrrole nitrogens is 1. The summed E-state index contributed by atoms with van der Waals surface area (Å²) in [6.45, 7) is 3.27. The quantitative estimate of drug-likeness (QED) is 0.683. The van der Waals surface area contributed by atoms with Crippen molar-refractivity contribution < 1.29 is 4.79 Å². The summed E-state index contributed by atoms with van der Waals surface area (Å²) in [4.78, 5) is 42.3. The summed E-state index contributed by atoms with van der Waals surface area (Å²) in [6, 6.07) is 5.28. The third-order valence-electron chi connectivity index (χ3n) is 4.79. The lowest BCUT2D eigenvalue weighted by Gasteiger charge is -2.28. The Kier molecular flexibility index (Phi) is 5.02. The Balaban J connectivity index is 1.60. The third kappa shape index (κ3) is 3.72. The molecule has 0 aliphatic carbocycles. The number of halogens is 1. The molecule has 0 spiro atoms. The zero-order valence-electron chi connectivity index (χ0n) is 15.3. The number of rotatable bonds is 4. The van der Waals surface area contributed by atoms with E-state index in [-0.39, 0.29) is 11.3 Å². The molecule has 1 N–H and O–H groups in total.